The van der Waals surface area contributed by atoms with E-state index in [2.05, 4.69) is 15.6 Å². The smallest absolute Gasteiger partial charge is 0.422 e. The number of fused-ring (bicyclic) bond motifs is 3. The molecule has 1 atom stereocenters. The van der Waals surface area contributed by atoms with Gasteiger partial charge in [0.1, 0.15) is 17.1 Å². The SMILES string of the molecule is O=C(Nc1c2c(nn1CCC1CC1)C[C@]1(CCc3cc(OCC(F)(F)F)ccc31)NC2=O)c1cccnc1. The lowest BCUT2D eigenvalue weighted by atomic mass is 9.82. The number of ether oxygens (including phenoxy) is 1. The quantitative estimate of drug-likeness (QED) is 0.477. The summed E-state index contributed by atoms with van der Waals surface area (Å²) in [6.45, 7) is -0.778. The number of hydrogen-bond donors (Lipinski definition) is 2. The number of anilines is 1. The lowest BCUT2D eigenvalue weighted by Crippen LogP contribution is -2.49. The number of rotatable bonds is 7. The Bertz CT molecular complexity index is 1400. The first-order valence-corrected chi connectivity index (χ1v) is 12.7. The van der Waals surface area contributed by atoms with E-state index in [0.29, 0.717) is 54.4 Å². The van der Waals surface area contributed by atoms with Gasteiger partial charge < -0.3 is 15.4 Å². The number of carbonyl (C=O) groups is 2. The normalized spacial score (nSPS) is 20.1. The van der Waals surface area contributed by atoms with Gasteiger partial charge in [0.15, 0.2) is 6.61 Å². The molecule has 1 aliphatic heterocycles. The van der Waals surface area contributed by atoms with Gasteiger partial charge in [-0.1, -0.05) is 18.9 Å². The van der Waals surface area contributed by atoms with Crippen LogP contribution in [0.25, 0.3) is 0 Å². The number of aryl methyl sites for hydroxylation is 2. The number of halogens is 3. The number of nitrogens with one attached hydrogen (secondary N) is 2. The summed E-state index contributed by atoms with van der Waals surface area (Å²) >= 11 is 0. The maximum atomic E-state index is 13.6. The zero-order valence-electron chi connectivity index (χ0n) is 20.5. The number of carbonyl (C=O) groups excluding carboxylic acids is 2. The van der Waals surface area contributed by atoms with Crippen LogP contribution < -0.4 is 15.4 Å². The third-order valence-electron chi connectivity index (χ3n) is 7.49. The second-order valence-corrected chi connectivity index (χ2v) is 10.3. The molecular formula is C27H26F3N5O3. The molecule has 8 nitrogen and oxygen atoms in total. The Hall–Kier alpha value is -3.89. The van der Waals surface area contributed by atoms with Gasteiger partial charge in [-0.25, -0.2) is 4.68 Å². The molecule has 1 spiro atoms. The van der Waals surface area contributed by atoms with Crippen molar-refractivity contribution in [2.75, 3.05) is 11.9 Å². The van der Waals surface area contributed by atoms with Crippen molar-refractivity contribution in [3.8, 4) is 5.75 Å². The first-order valence-electron chi connectivity index (χ1n) is 12.7. The molecule has 11 heteroatoms. The van der Waals surface area contributed by atoms with Gasteiger partial charge in [0, 0.05) is 25.4 Å². The summed E-state index contributed by atoms with van der Waals surface area (Å²) in [6.07, 6.45) is 3.46. The molecule has 2 aromatic heterocycles. The molecule has 1 fully saturated rings. The highest BCUT2D eigenvalue weighted by atomic mass is 19.4. The summed E-state index contributed by atoms with van der Waals surface area (Å²) in [5.74, 6) is 0.435. The number of nitrogens with zero attached hydrogens (tertiary/aromatic N) is 3. The van der Waals surface area contributed by atoms with E-state index in [1.165, 1.54) is 25.1 Å². The van der Waals surface area contributed by atoms with E-state index in [0.717, 1.165) is 17.5 Å². The molecule has 0 unspecified atom stereocenters. The fourth-order valence-corrected chi connectivity index (χ4v) is 5.46. The molecule has 1 saturated carbocycles. The van der Waals surface area contributed by atoms with Crippen LogP contribution in [0.15, 0.2) is 42.7 Å². The van der Waals surface area contributed by atoms with Crippen LogP contribution in [0.4, 0.5) is 19.0 Å². The molecule has 2 N–H and O–H groups in total. The predicted octanol–water partition coefficient (Wildman–Crippen LogP) is 4.40. The highest BCUT2D eigenvalue weighted by Crippen LogP contribution is 2.44. The van der Waals surface area contributed by atoms with Crippen molar-refractivity contribution in [3.05, 3.63) is 70.7 Å². The topological polar surface area (TPSA) is 98.1 Å². The minimum absolute atomic E-state index is 0.144. The van der Waals surface area contributed by atoms with E-state index in [1.54, 1.807) is 35.1 Å². The molecular weight excluding hydrogens is 499 g/mol. The van der Waals surface area contributed by atoms with E-state index in [-0.39, 0.29) is 17.6 Å². The largest absolute Gasteiger partial charge is 0.484 e. The summed E-state index contributed by atoms with van der Waals surface area (Å²) in [5, 5.41) is 10.8. The van der Waals surface area contributed by atoms with Gasteiger partial charge >= 0.3 is 6.18 Å². The van der Waals surface area contributed by atoms with Gasteiger partial charge in [0.25, 0.3) is 11.8 Å². The number of benzene rings is 1. The van der Waals surface area contributed by atoms with E-state index in [9.17, 15) is 22.8 Å². The summed E-state index contributed by atoms with van der Waals surface area (Å²) in [5.41, 5.74) is 2.29. The standard InChI is InChI=1S/C27H26F3N5O3/c28-27(29,30)15-38-19-5-6-20-17(12-19)7-9-26(20)13-21-22(25(37)33-26)23(35(34-21)11-8-16-3-4-16)32-24(36)18-2-1-10-31-14-18/h1-2,5-6,10,12,14,16H,3-4,7-9,11,13,15H2,(H,32,36)(H,33,37)/t26-/m0/s1. The summed E-state index contributed by atoms with van der Waals surface area (Å²) in [6, 6.07) is 8.17. The van der Waals surface area contributed by atoms with Crippen LogP contribution in [0.5, 0.6) is 5.75 Å². The van der Waals surface area contributed by atoms with Crippen molar-refractivity contribution in [1.82, 2.24) is 20.1 Å². The molecule has 2 aliphatic carbocycles. The molecule has 0 bridgehead atoms. The molecule has 3 aromatic rings. The average Bonchev–Trinajstić information content (AvgIpc) is 3.58. The second kappa shape index (κ2) is 9.14. The molecule has 38 heavy (non-hydrogen) atoms. The Kier molecular flexibility index (Phi) is 5.88. The third kappa shape index (κ3) is 4.72. The monoisotopic (exact) mass is 525 g/mol. The summed E-state index contributed by atoms with van der Waals surface area (Å²) < 4.78 is 44.4. The van der Waals surface area contributed by atoms with E-state index in [1.807, 2.05) is 0 Å². The fourth-order valence-electron chi connectivity index (χ4n) is 5.46. The summed E-state index contributed by atoms with van der Waals surface area (Å²) in [4.78, 5) is 30.5. The predicted molar refractivity (Wildman–Crippen MR) is 131 cm³/mol. The lowest BCUT2D eigenvalue weighted by Gasteiger charge is -2.35. The molecule has 198 valence electrons. The van der Waals surface area contributed by atoms with Gasteiger partial charge in [0.05, 0.1) is 16.8 Å². The lowest BCUT2D eigenvalue weighted by molar-refractivity contribution is -0.153. The highest BCUT2D eigenvalue weighted by Gasteiger charge is 2.46. The van der Waals surface area contributed by atoms with Gasteiger partial charge in [0.2, 0.25) is 0 Å². The number of hydrogen-bond acceptors (Lipinski definition) is 5. The zero-order valence-corrected chi connectivity index (χ0v) is 20.5. The van der Waals surface area contributed by atoms with Crippen molar-refractivity contribution in [3.63, 3.8) is 0 Å². The minimum atomic E-state index is -4.42. The Morgan fingerprint density at radius 1 is 1.26 bits per heavy atom. The van der Waals surface area contributed by atoms with Gasteiger partial charge in [-0.2, -0.15) is 18.3 Å². The fraction of sp³-hybridized carbons (Fsp3) is 0.407. The van der Waals surface area contributed by atoms with Crippen LogP contribution >= 0.6 is 0 Å². The van der Waals surface area contributed by atoms with Crippen LogP contribution in [-0.4, -0.2) is 39.4 Å². The Morgan fingerprint density at radius 2 is 2.11 bits per heavy atom. The average molecular weight is 526 g/mol. The number of alkyl halides is 3. The number of pyridine rings is 1. The van der Waals surface area contributed by atoms with Crippen molar-refractivity contribution < 1.29 is 27.5 Å². The highest BCUT2D eigenvalue weighted by molar-refractivity contribution is 6.09. The molecule has 0 radical (unpaired) electrons. The Labute approximate surface area is 216 Å². The number of amides is 2. The molecule has 3 heterocycles. The van der Waals surface area contributed by atoms with Crippen LogP contribution in [0.2, 0.25) is 0 Å². The first-order chi connectivity index (χ1) is 18.2. The van der Waals surface area contributed by atoms with Crippen molar-refractivity contribution in [1.29, 1.82) is 0 Å². The third-order valence-corrected chi connectivity index (χ3v) is 7.49. The molecule has 6 rings (SSSR count). The van der Waals surface area contributed by atoms with Crippen molar-refractivity contribution in [2.45, 2.75) is 56.8 Å². The second-order valence-electron chi connectivity index (χ2n) is 10.3. The van der Waals surface area contributed by atoms with Crippen LogP contribution in [0, 0.1) is 5.92 Å². The van der Waals surface area contributed by atoms with E-state index in [4.69, 9.17) is 9.84 Å². The molecule has 1 aromatic carbocycles. The summed E-state index contributed by atoms with van der Waals surface area (Å²) in [7, 11) is 0. The van der Waals surface area contributed by atoms with Gasteiger partial charge in [-0.3, -0.25) is 14.6 Å². The molecule has 3 aliphatic rings. The Morgan fingerprint density at radius 3 is 2.84 bits per heavy atom. The van der Waals surface area contributed by atoms with Crippen LogP contribution in [-0.2, 0) is 24.9 Å². The van der Waals surface area contributed by atoms with Crippen LogP contribution in [0.3, 0.4) is 0 Å². The van der Waals surface area contributed by atoms with Crippen LogP contribution in [0.1, 0.15) is 63.2 Å². The first kappa shape index (κ1) is 24.4. The van der Waals surface area contributed by atoms with Crippen molar-refractivity contribution in [2.24, 2.45) is 5.92 Å². The van der Waals surface area contributed by atoms with Gasteiger partial charge in [-0.15, -0.1) is 0 Å². The van der Waals surface area contributed by atoms with E-state index >= 15 is 0 Å². The zero-order chi connectivity index (χ0) is 26.5. The maximum absolute atomic E-state index is 13.6. The maximum Gasteiger partial charge on any atom is 0.422 e. The molecule has 2 amide bonds. The Balaban J connectivity index is 1.30. The van der Waals surface area contributed by atoms with E-state index < -0.39 is 18.3 Å². The molecule has 0 saturated heterocycles. The van der Waals surface area contributed by atoms with Gasteiger partial charge in [-0.05, 0) is 60.6 Å². The van der Waals surface area contributed by atoms with Crippen molar-refractivity contribution >= 4 is 17.6 Å². The minimum Gasteiger partial charge on any atom is -0.484 e. The number of aromatic nitrogens is 3.